The summed E-state index contributed by atoms with van der Waals surface area (Å²) in [7, 11) is -5.66. The third kappa shape index (κ3) is 11.4. The fourth-order valence-corrected chi connectivity index (χ4v) is 7.40. The molecular weight excluding hydrogens is 688 g/mol. The van der Waals surface area contributed by atoms with Gasteiger partial charge in [0.2, 0.25) is 0 Å². The number of aryl methyl sites for hydroxylation is 4. The molecule has 280 valence electrons. The molecule has 0 radical (unpaired) electrons. The molecule has 0 spiro atoms. The molecule has 3 N–H and O–H groups in total. The largest absolute Gasteiger partial charge is 0.508 e. The molecule has 52 heavy (non-hydrogen) atoms. The van der Waals surface area contributed by atoms with Crippen LogP contribution in [0.25, 0.3) is 10.9 Å². The van der Waals surface area contributed by atoms with E-state index in [9.17, 15) is 19.1 Å². The summed E-state index contributed by atoms with van der Waals surface area (Å²) < 4.78 is 34.0. The van der Waals surface area contributed by atoms with Crippen molar-refractivity contribution in [3.63, 3.8) is 0 Å². The van der Waals surface area contributed by atoms with Crippen LogP contribution in [-0.4, -0.2) is 41.3 Å². The topological polar surface area (TPSA) is 109 Å². The first-order valence-electron chi connectivity index (χ1n) is 17.9. The number of aromatic hydroxyl groups is 1. The van der Waals surface area contributed by atoms with Crippen molar-refractivity contribution in [2.45, 2.75) is 86.7 Å². The molecule has 4 aromatic carbocycles. The SMILES string of the molecule is Cc1cc(COP(C)(=O)O)cc(C)c1Cc1ccc(O)c(C(C)C)c1.Cc1cc(OCP(C)(C)=O)cc(C)c1Cc1ccc2[nH]cc(C(C)C)c2c1. The fourth-order valence-electron chi connectivity index (χ4n) is 6.55. The molecule has 0 saturated carbocycles. The molecular formula is C43H57NO6P2. The molecule has 0 aliphatic rings. The van der Waals surface area contributed by atoms with E-state index < -0.39 is 14.7 Å². The lowest BCUT2D eigenvalue weighted by molar-refractivity contribution is 0.255. The Labute approximate surface area is 310 Å². The van der Waals surface area contributed by atoms with Gasteiger partial charge in [0.25, 0.3) is 0 Å². The number of H-pyrrole nitrogens is 1. The van der Waals surface area contributed by atoms with Crippen molar-refractivity contribution in [3.05, 3.63) is 128 Å². The Morgan fingerprint density at radius 1 is 0.692 bits per heavy atom. The van der Waals surface area contributed by atoms with Crippen LogP contribution in [-0.2, 0) is 33.1 Å². The molecule has 0 aliphatic carbocycles. The number of aromatic amines is 1. The van der Waals surface area contributed by atoms with Crippen molar-refractivity contribution in [3.8, 4) is 11.5 Å². The van der Waals surface area contributed by atoms with E-state index in [0.717, 1.165) is 46.4 Å². The molecule has 1 aromatic heterocycles. The minimum Gasteiger partial charge on any atom is -0.508 e. The van der Waals surface area contributed by atoms with Gasteiger partial charge in [-0.1, -0.05) is 58.0 Å². The molecule has 5 rings (SSSR count). The molecule has 0 bridgehead atoms. The third-order valence-corrected chi connectivity index (χ3v) is 10.7. The lowest BCUT2D eigenvalue weighted by Gasteiger charge is -2.15. The van der Waals surface area contributed by atoms with Crippen molar-refractivity contribution in [1.29, 1.82) is 0 Å². The highest BCUT2D eigenvalue weighted by atomic mass is 31.2. The Morgan fingerprint density at radius 2 is 1.21 bits per heavy atom. The number of ether oxygens (including phenoxy) is 1. The maximum atomic E-state index is 11.9. The molecule has 1 heterocycles. The van der Waals surface area contributed by atoms with Crippen LogP contribution in [0.1, 0.15) is 101 Å². The highest BCUT2D eigenvalue weighted by Crippen LogP contribution is 2.39. The van der Waals surface area contributed by atoms with Gasteiger partial charge in [-0.15, -0.1) is 0 Å². The van der Waals surface area contributed by atoms with Crippen LogP contribution in [0, 0.1) is 27.7 Å². The summed E-state index contributed by atoms with van der Waals surface area (Å²) in [5.74, 6) is 1.92. The summed E-state index contributed by atoms with van der Waals surface area (Å²) in [4.78, 5) is 12.7. The molecule has 9 heteroatoms. The quantitative estimate of drug-likeness (QED) is 0.110. The zero-order chi connectivity index (χ0) is 38.5. The Balaban J connectivity index is 0.000000234. The van der Waals surface area contributed by atoms with E-state index >= 15 is 0 Å². The van der Waals surface area contributed by atoms with Crippen molar-refractivity contribution in [2.24, 2.45) is 0 Å². The van der Waals surface area contributed by atoms with Gasteiger partial charge in [0.15, 0.2) is 0 Å². The van der Waals surface area contributed by atoms with Crippen molar-refractivity contribution < 1.29 is 28.4 Å². The summed E-state index contributed by atoms with van der Waals surface area (Å²) >= 11 is 0. The maximum Gasteiger partial charge on any atom is 0.325 e. The number of hydrogen-bond donors (Lipinski definition) is 3. The lowest BCUT2D eigenvalue weighted by Crippen LogP contribution is -2.01. The number of nitrogens with one attached hydrogen (secondary N) is 1. The number of benzene rings is 4. The Bertz CT molecular complexity index is 2070. The van der Waals surface area contributed by atoms with Crippen LogP contribution >= 0.6 is 14.7 Å². The minimum atomic E-state index is -3.47. The first-order valence-corrected chi connectivity index (χ1v) is 22.7. The Morgan fingerprint density at radius 3 is 1.73 bits per heavy atom. The van der Waals surface area contributed by atoms with Crippen LogP contribution < -0.4 is 4.74 Å². The number of aromatic nitrogens is 1. The smallest absolute Gasteiger partial charge is 0.325 e. The molecule has 0 aliphatic heterocycles. The van der Waals surface area contributed by atoms with Crippen LogP contribution in [0.3, 0.4) is 0 Å². The highest BCUT2D eigenvalue weighted by Gasteiger charge is 2.15. The van der Waals surface area contributed by atoms with Gasteiger partial charge in [-0.25, -0.2) is 0 Å². The predicted octanol–water partition coefficient (Wildman–Crippen LogP) is 11.5. The molecule has 1 unspecified atom stereocenters. The van der Waals surface area contributed by atoms with Crippen molar-refractivity contribution in [1.82, 2.24) is 4.98 Å². The number of phenolic OH excluding ortho intramolecular Hbond substituents is 1. The highest BCUT2D eigenvalue weighted by molar-refractivity contribution is 7.62. The van der Waals surface area contributed by atoms with Gasteiger partial charge >= 0.3 is 7.60 Å². The molecule has 0 amide bonds. The van der Waals surface area contributed by atoms with E-state index in [0.29, 0.717) is 11.7 Å². The van der Waals surface area contributed by atoms with E-state index in [-0.39, 0.29) is 18.9 Å². The minimum absolute atomic E-state index is 0.128. The monoisotopic (exact) mass is 745 g/mol. The van der Waals surface area contributed by atoms with Gasteiger partial charge in [-0.2, -0.15) is 0 Å². The lowest BCUT2D eigenvalue weighted by atomic mass is 9.92. The number of hydrogen-bond acceptors (Lipinski definition) is 5. The maximum absolute atomic E-state index is 11.9. The van der Waals surface area contributed by atoms with Gasteiger partial charge in [-0.3, -0.25) is 4.57 Å². The van der Waals surface area contributed by atoms with Crippen LogP contribution in [0.2, 0.25) is 0 Å². The second kappa shape index (κ2) is 17.0. The van der Waals surface area contributed by atoms with E-state index in [1.807, 2.05) is 32.0 Å². The van der Waals surface area contributed by atoms with Crippen molar-refractivity contribution >= 4 is 25.6 Å². The molecule has 0 fully saturated rings. The van der Waals surface area contributed by atoms with Gasteiger partial charge in [0, 0.05) is 23.8 Å². The summed E-state index contributed by atoms with van der Waals surface area (Å²) in [6.07, 6.45) is 4.09. The summed E-state index contributed by atoms with van der Waals surface area (Å²) in [6, 6.07) is 20.6. The second-order valence-corrected chi connectivity index (χ2v) is 20.6. The number of rotatable bonds is 12. The molecule has 7 nitrogen and oxygen atoms in total. The van der Waals surface area contributed by atoms with Crippen LogP contribution in [0.15, 0.2) is 66.9 Å². The zero-order valence-electron chi connectivity index (χ0n) is 32.8. The fraction of sp³-hybridized carbons (Fsp3) is 0.395. The second-order valence-electron chi connectivity index (χ2n) is 15.3. The van der Waals surface area contributed by atoms with Gasteiger partial charge < -0.3 is 28.8 Å². The van der Waals surface area contributed by atoms with Gasteiger partial charge in [-0.05, 0) is 157 Å². The summed E-state index contributed by atoms with van der Waals surface area (Å²) in [6.45, 7) is 21.8. The first kappa shape index (κ1) is 41.2. The van der Waals surface area contributed by atoms with E-state index in [1.165, 1.54) is 50.9 Å². The molecule has 0 saturated heterocycles. The standard InChI is InChI=1S/C23H30NO2P.C20H27O4P/c1-15(2)22-13-24-23-8-7-18(12-21(22)23)11-20-16(3)9-19(10-17(20)4)26-14-27(5,6)25;1-13(2)18-10-16(6-7-20(18)21)11-19-14(3)8-17(9-15(19)4)12-24-25(5,22)23/h7-10,12-13,15,24H,11,14H2,1-6H3;6-10,13,21H,11-12H2,1-5H3,(H,22,23). The average Bonchev–Trinajstić information content (AvgIpc) is 3.46. The first-order chi connectivity index (χ1) is 24.2. The molecule has 1 atom stereocenters. The van der Waals surface area contributed by atoms with Gasteiger partial charge in [0.05, 0.1) is 6.61 Å². The Kier molecular flexibility index (Phi) is 13.5. The summed E-state index contributed by atoms with van der Waals surface area (Å²) in [5.41, 5.74) is 14.1. The third-order valence-electron chi connectivity index (χ3n) is 9.31. The van der Waals surface area contributed by atoms with Crippen molar-refractivity contribution in [2.75, 3.05) is 26.3 Å². The average molecular weight is 746 g/mol. The van der Waals surface area contributed by atoms with Gasteiger partial charge in [0.1, 0.15) is 25.0 Å². The van der Waals surface area contributed by atoms with E-state index in [2.05, 4.69) is 89.1 Å². The predicted molar refractivity (Wildman–Crippen MR) is 218 cm³/mol. The Hall–Kier alpha value is -3.60. The van der Waals surface area contributed by atoms with E-state index in [4.69, 9.17) is 9.26 Å². The van der Waals surface area contributed by atoms with E-state index in [1.54, 1.807) is 19.4 Å². The number of fused-ring (bicyclic) bond motifs is 1. The zero-order valence-corrected chi connectivity index (χ0v) is 34.5. The normalized spacial score (nSPS) is 13.0. The van der Waals surface area contributed by atoms with Crippen LogP contribution in [0.5, 0.6) is 11.5 Å². The number of phenols is 1. The molecule has 5 aromatic rings. The van der Waals surface area contributed by atoms with Crippen LogP contribution in [0.4, 0.5) is 0 Å². The summed E-state index contributed by atoms with van der Waals surface area (Å²) in [5, 5.41) is 11.3.